The lowest BCUT2D eigenvalue weighted by molar-refractivity contribution is 0.153. The molecule has 1 aliphatic rings. The van der Waals surface area contributed by atoms with Crippen molar-refractivity contribution < 1.29 is 0 Å². The van der Waals surface area contributed by atoms with Crippen LogP contribution >= 0.6 is 15.9 Å². The van der Waals surface area contributed by atoms with Crippen LogP contribution in [0.2, 0.25) is 0 Å². The number of halogens is 1. The van der Waals surface area contributed by atoms with Crippen molar-refractivity contribution in [1.82, 2.24) is 15.1 Å². The lowest BCUT2D eigenvalue weighted by Crippen LogP contribution is -2.33. The Kier molecular flexibility index (Phi) is 3.76. The predicted molar refractivity (Wildman–Crippen MR) is 68.0 cm³/mol. The van der Waals surface area contributed by atoms with Crippen LogP contribution in [0.4, 0.5) is 5.82 Å². The van der Waals surface area contributed by atoms with E-state index in [-0.39, 0.29) is 0 Å². The van der Waals surface area contributed by atoms with Gasteiger partial charge in [0.25, 0.3) is 0 Å². The molecule has 1 fully saturated rings. The molecule has 0 bridgehead atoms. The van der Waals surface area contributed by atoms with E-state index in [1.807, 2.05) is 6.07 Å². The molecule has 5 heteroatoms. The van der Waals surface area contributed by atoms with Crippen LogP contribution < -0.4 is 5.73 Å². The number of nitrogen functional groups attached to an aromatic ring is 1. The molecule has 0 aromatic carbocycles. The molecule has 88 valence electrons. The van der Waals surface area contributed by atoms with E-state index in [0.717, 1.165) is 23.3 Å². The summed E-state index contributed by atoms with van der Waals surface area (Å²) in [7, 11) is 0. The van der Waals surface area contributed by atoms with Gasteiger partial charge in [0, 0.05) is 0 Å². The molecular weight excluding hydrogens is 268 g/mol. The summed E-state index contributed by atoms with van der Waals surface area (Å²) in [5.41, 5.74) is 6.68. The first-order chi connectivity index (χ1) is 7.72. The van der Waals surface area contributed by atoms with Crippen LogP contribution in [0, 0.1) is 0 Å². The molecule has 1 aromatic heterocycles. The van der Waals surface area contributed by atoms with Gasteiger partial charge in [0.15, 0.2) is 5.82 Å². The fourth-order valence-electron chi connectivity index (χ4n) is 2.26. The Hall–Kier alpha value is -0.680. The van der Waals surface area contributed by atoms with Crippen LogP contribution in [0.3, 0.4) is 0 Å². The highest BCUT2D eigenvalue weighted by atomic mass is 79.9. The molecule has 1 aliphatic heterocycles. The number of rotatable bonds is 2. The minimum atomic E-state index is 0.406. The van der Waals surface area contributed by atoms with Crippen LogP contribution in [-0.2, 0) is 0 Å². The minimum absolute atomic E-state index is 0.406. The molecule has 0 amide bonds. The smallest absolute Gasteiger partial charge is 0.160 e. The van der Waals surface area contributed by atoms with Crippen molar-refractivity contribution >= 4 is 21.7 Å². The third kappa shape index (κ3) is 2.35. The summed E-state index contributed by atoms with van der Waals surface area (Å²) in [6, 6.07) is 2.41. The number of hydrogen-bond donors (Lipinski definition) is 1. The summed E-state index contributed by atoms with van der Waals surface area (Å²) in [5, 5.41) is 8.19. The SMILES string of the molecule is CCN1CCCCC1c1cc(Br)c(N)nn1. The average Bonchev–Trinajstić information content (AvgIpc) is 2.32. The summed E-state index contributed by atoms with van der Waals surface area (Å²) < 4.78 is 0.846. The monoisotopic (exact) mass is 284 g/mol. The first kappa shape index (κ1) is 11.8. The number of anilines is 1. The average molecular weight is 285 g/mol. The van der Waals surface area contributed by atoms with Crippen molar-refractivity contribution in [1.29, 1.82) is 0 Å². The molecule has 2 heterocycles. The highest BCUT2D eigenvalue weighted by molar-refractivity contribution is 9.10. The summed E-state index contributed by atoms with van der Waals surface area (Å²) in [6.07, 6.45) is 3.72. The first-order valence-corrected chi connectivity index (χ1v) is 6.54. The van der Waals surface area contributed by atoms with Gasteiger partial charge >= 0.3 is 0 Å². The van der Waals surface area contributed by atoms with E-state index in [4.69, 9.17) is 5.73 Å². The van der Waals surface area contributed by atoms with Gasteiger partial charge in [-0.2, -0.15) is 5.10 Å². The number of nitrogens with zero attached hydrogens (tertiary/aromatic N) is 3. The molecule has 1 atom stereocenters. The molecule has 0 aliphatic carbocycles. The van der Waals surface area contributed by atoms with Crippen molar-refractivity contribution in [3.8, 4) is 0 Å². The molecular formula is C11H17BrN4. The molecule has 4 nitrogen and oxygen atoms in total. The second-order valence-corrected chi connectivity index (χ2v) is 5.00. The van der Waals surface area contributed by atoms with Crippen LogP contribution in [-0.4, -0.2) is 28.2 Å². The molecule has 1 saturated heterocycles. The van der Waals surface area contributed by atoms with E-state index in [9.17, 15) is 0 Å². The summed E-state index contributed by atoms with van der Waals surface area (Å²) in [5.74, 6) is 0.461. The molecule has 0 saturated carbocycles. The minimum Gasteiger partial charge on any atom is -0.381 e. The van der Waals surface area contributed by atoms with Crippen molar-refractivity contribution in [2.24, 2.45) is 0 Å². The van der Waals surface area contributed by atoms with Gasteiger partial charge in [0.2, 0.25) is 0 Å². The van der Waals surface area contributed by atoms with Crippen LogP contribution in [0.1, 0.15) is 37.9 Å². The Morgan fingerprint density at radius 3 is 3.00 bits per heavy atom. The molecule has 0 spiro atoms. The largest absolute Gasteiger partial charge is 0.381 e. The second-order valence-electron chi connectivity index (χ2n) is 4.14. The van der Waals surface area contributed by atoms with E-state index in [1.54, 1.807) is 0 Å². The van der Waals surface area contributed by atoms with Crippen LogP contribution in [0.5, 0.6) is 0 Å². The topological polar surface area (TPSA) is 55.0 Å². The highest BCUT2D eigenvalue weighted by Crippen LogP contribution is 2.30. The van der Waals surface area contributed by atoms with Crippen molar-refractivity contribution in [3.05, 3.63) is 16.2 Å². The lowest BCUT2D eigenvalue weighted by Gasteiger charge is -2.34. The van der Waals surface area contributed by atoms with Gasteiger partial charge in [-0.05, 0) is 47.9 Å². The van der Waals surface area contributed by atoms with E-state index in [0.29, 0.717) is 11.9 Å². The maximum absolute atomic E-state index is 5.65. The Morgan fingerprint density at radius 1 is 1.50 bits per heavy atom. The van der Waals surface area contributed by atoms with Gasteiger partial charge in [-0.1, -0.05) is 13.3 Å². The normalized spacial score (nSPS) is 22.2. The lowest BCUT2D eigenvalue weighted by atomic mass is 9.99. The summed E-state index contributed by atoms with van der Waals surface area (Å²) >= 11 is 3.41. The van der Waals surface area contributed by atoms with E-state index in [1.165, 1.54) is 19.3 Å². The molecule has 1 aromatic rings. The van der Waals surface area contributed by atoms with Gasteiger partial charge in [-0.15, -0.1) is 5.10 Å². The highest BCUT2D eigenvalue weighted by Gasteiger charge is 2.24. The molecule has 2 N–H and O–H groups in total. The quantitative estimate of drug-likeness (QED) is 0.906. The van der Waals surface area contributed by atoms with Crippen molar-refractivity contribution in [2.45, 2.75) is 32.2 Å². The first-order valence-electron chi connectivity index (χ1n) is 5.75. The van der Waals surface area contributed by atoms with Gasteiger partial charge in [0.1, 0.15) is 0 Å². The van der Waals surface area contributed by atoms with Gasteiger partial charge < -0.3 is 5.73 Å². The van der Waals surface area contributed by atoms with Gasteiger partial charge in [0.05, 0.1) is 16.2 Å². The fourth-order valence-corrected chi connectivity index (χ4v) is 2.57. The zero-order valence-electron chi connectivity index (χ0n) is 9.49. The zero-order chi connectivity index (χ0) is 11.5. The van der Waals surface area contributed by atoms with Gasteiger partial charge in [-0.25, -0.2) is 0 Å². The number of piperidine rings is 1. The third-order valence-electron chi connectivity index (χ3n) is 3.15. The number of aromatic nitrogens is 2. The molecule has 16 heavy (non-hydrogen) atoms. The van der Waals surface area contributed by atoms with Crippen LogP contribution in [0.25, 0.3) is 0 Å². The predicted octanol–water partition coefficient (Wildman–Crippen LogP) is 2.37. The summed E-state index contributed by atoms with van der Waals surface area (Å²) in [6.45, 7) is 4.41. The fraction of sp³-hybridized carbons (Fsp3) is 0.636. The Bertz CT molecular complexity index is 369. The van der Waals surface area contributed by atoms with Crippen molar-refractivity contribution in [3.63, 3.8) is 0 Å². The Labute approximate surface area is 104 Å². The molecule has 1 unspecified atom stereocenters. The summed E-state index contributed by atoms with van der Waals surface area (Å²) in [4.78, 5) is 2.45. The van der Waals surface area contributed by atoms with Crippen molar-refractivity contribution in [2.75, 3.05) is 18.8 Å². The number of likely N-dealkylation sites (tertiary alicyclic amines) is 1. The third-order valence-corrected chi connectivity index (χ3v) is 3.79. The number of hydrogen-bond acceptors (Lipinski definition) is 4. The zero-order valence-corrected chi connectivity index (χ0v) is 11.1. The maximum atomic E-state index is 5.65. The Morgan fingerprint density at radius 2 is 2.31 bits per heavy atom. The Balaban J connectivity index is 2.23. The van der Waals surface area contributed by atoms with E-state index < -0.39 is 0 Å². The second kappa shape index (κ2) is 5.10. The van der Waals surface area contributed by atoms with Crippen LogP contribution in [0.15, 0.2) is 10.5 Å². The maximum Gasteiger partial charge on any atom is 0.160 e. The van der Waals surface area contributed by atoms with E-state index >= 15 is 0 Å². The number of nitrogens with two attached hydrogens (primary N) is 1. The van der Waals surface area contributed by atoms with Gasteiger partial charge in [-0.3, -0.25) is 4.90 Å². The molecule has 0 radical (unpaired) electrons. The standard InChI is InChI=1S/C11H17BrN4/c1-2-16-6-4-3-5-10(16)9-7-8(12)11(13)15-14-9/h7,10H,2-6H2,1H3,(H2,13,15). The van der Waals surface area contributed by atoms with E-state index in [2.05, 4.69) is 38.0 Å². The molecule has 2 rings (SSSR count).